The third-order valence-electron chi connectivity index (χ3n) is 3.38. The minimum atomic E-state index is -1.56. The van der Waals surface area contributed by atoms with Gasteiger partial charge in [0.1, 0.15) is 17.5 Å². The number of hydrogen-bond acceptors (Lipinski definition) is 6. The summed E-state index contributed by atoms with van der Waals surface area (Å²) in [6.45, 7) is -0.0750. The summed E-state index contributed by atoms with van der Waals surface area (Å²) < 4.78 is 52.4. The van der Waals surface area contributed by atoms with E-state index in [0.717, 1.165) is 11.2 Å². The normalized spacial score (nSPS) is 16.8. The van der Waals surface area contributed by atoms with Gasteiger partial charge in [0.2, 0.25) is 0 Å². The van der Waals surface area contributed by atoms with Crippen molar-refractivity contribution in [1.29, 1.82) is 0 Å². The molecule has 8 nitrogen and oxygen atoms in total. The van der Waals surface area contributed by atoms with Crippen LogP contribution in [0, 0.1) is 17.5 Å². The first kappa shape index (κ1) is 17.0. The van der Waals surface area contributed by atoms with E-state index in [4.69, 9.17) is 10.5 Å². The Morgan fingerprint density at radius 2 is 2.20 bits per heavy atom. The van der Waals surface area contributed by atoms with Crippen LogP contribution in [0.3, 0.4) is 0 Å². The van der Waals surface area contributed by atoms with Crippen LogP contribution in [0.4, 0.5) is 23.7 Å². The standard InChI is InChI=1S/C13H10F3N5O3S/c14-6-1-7(9(15)10(16)8(6)11-19-4-20-24-11)21-3-5(23-13(21)22)2-18-12(17)25/h1,4-5H,2-3H2,(H3,17,18,25). The van der Waals surface area contributed by atoms with Gasteiger partial charge in [-0.05, 0) is 12.2 Å². The Balaban J connectivity index is 1.91. The van der Waals surface area contributed by atoms with E-state index in [1.165, 1.54) is 0 Å². The van der Waals surface area contributed by atoms with Gasteiger partial charge in [-0.1, -0.05) is 5.16 Å². The second-order valence-electron chi connectivity index (χ2n) is 4.99. The Morgan fingerprint density at radius 1 is 1.44 bits per heavy atom. The summed E-state index contributed by atoms with van der Waals surface area (Å²) in [6, 6.07) is 0.655. The van der Waals surface area contributed by atoms with E-state index < -0.39 is 46.8 Å². The number of nitrogens with one attached hydrogen (secondary N) is 1. The largest absolute Gasteiger partial charge is 0.442 e. The maximum absolute atomic E-state index is 14.4. The van der Waals surface area contributed by atoms with Gasteiger partial charge in [0.05, 0.1) is 18.8 Å². The zero-order chi connectivity index (χ0) is 18.1. The van der Waals surface area contributed by atoms with Crippen molar-refractivity contribution >= 4 is 29.1 Å². The fraction of sp³-hybridized carbons (Fsp3) is 0.231. The average molecular weight is 373 g/mol. The Morgan fingerprint density at radius 3 is 2.84 bits per heavy atom. The number of carbonyl (C=O) groups is 1. The van der Waals surface area contributed by atoms with E-state index in [9.17, 15) is 18.0 Å². The van der Waals surface area contributed by atoms with Gasteiger partial charge in [0, 0.05) is 6.07 Å². The van der Waals surface area contributed by atoms with Crippen molar-refractivity contribution in [2.24, 2.45) is 5.73 Å². The lowest BCUT2D eigenvalue weighted by Crippen LogP contribution is -2.37. The van der Waals surface area contributed by atoms with E-state index in [-0.39, 0.29) is 18.2 Å². The maximum atomic E-state index is 14.4. The van der Waals surface area contributed by atoms with Crippen molar-refractivity contribution < 1.29 is 27.2 Å². The first-order chi connectivity index (χ1) is 11.9. The molecule has 1 aliphatic rings. The average Bonchev–Trinajstić information content (AvgIpc) is 3.19. The molecule has 1 aliphatic heterocycles. The highest BCUT2D eigenvalue weighted by Gasteiger charge is 2.36. The topological polar surface area (TPSA) is 107 Å². The van der Waals surface area contributed by atoms with Crippen LogP contribution < -0.4 is 16.0 Å². The minimum absolute atomic E-state index is 0.0123. The van der Waals surface area contributed by atoms with Crippen LogP contribution in [-0.2, 0) is 4.74 Å². The fourth-order valence-electron chi connectivity index (χ4n) is 2.30. The van der Waals surface area contributed by atoms with Crippen LogP contribution in [0.15, 0.2) is 16.9 Å². The van der Waals surface area contributed by atoms with Gasteiger partial charge in [-0.2, -0.15) is 4.98 Å². The highest BCUT2D eigenvalue weighted by Crippen LogP contribution is 2.33. The first-order valence-electron chi connectivity index (χ1n) is 6.84. The highest BCUT2D eigenvalue weighted by atomic mass is 32.1. The predicted octanol–water partition coefficient (Wildman–Crippen LogP) is 1.31. The number of benzene rings is 1. The summed E-state index contributed by atoms with van der Waals surface area (Å²) in [4.78, 5) is 16.1. The van der Waals surface area contributed by atoms with Crippen molar-refractivity contribution in [3.63, 3.8) is 0 Å². The molecule has 1 amide bonds. The number of ether oxygens (including phenoxy) is 1. The number of cyclic esters (lactones) is 1. The molecule has 0 spiro atoms. The zero-order valence-corrected chi connectivity index (χ0v) is 13.1. The van der Waals surface area contributed by atoms with Gasteiger partial charge in [0.15, 0.2) is 23.1 Å². The van der Waals surface area contributed by atoms with Gasteiger partial charge < -0.3 is 20.3 Å². The summed E-state index contributed by atoms with van der Waals surface area (Å²) in [5.74, 6) is -4.70. The number of nitrogens with two attached hydrogens (primary N) is 1. The fourth-order valence-corrected chi connectivity index (χ4v) is 2.38. The van der Waals surface area contributed by atoms with Crippen LogP contribution in [0.2, 0.25) is 0 Å². The molecule has 3 N–H and O–H groups in total. The van der Waals surface area contributed by atoms with E-state index in [2.05, 4.69) is 32.2 Å². The van der Waals surface area contributed by atoms with E-state index in [1.807, 2.05) is 0 Å². The number of aromatic nitrogens is 2. The molecular formula is C13H10F3N5O3S. The zero-order valence-electron chi connectivity index (χ0n) is 12.3. The molecule has 132 valence electrons. The molecule has 1 unspecified atom stereocenters. The molecular weight excluding hydrogens is 363 g/mol. The highest BCUT2D eigenvalue weighted by molar-refractivity contribution is 7.80. The Kier molecular flexibility index (Phi) is 4.44. The molecule has 1 aromatic heterocycles. The van der Waals surface area contributed by atoms with Crippen LogP contribution in [0.5, 0.6) is 0 Å². The van der Waals surface area contributed by atoms with Crippen molar-refractivity contribution in [2.45, 2.75) is 6.10 Å². The quantitative estimate of drug-likeness (QED) is 0.610. The van der Waals surface area contributed by atoms with Gasteiger partial charge in [-0.15, -0.1) is 0 Å². The number of thiocarbonyl (C=S) groups is 1. The van der Waals surface area contributed by atoms with Gasteiger partial charge >= 0.3 is 6.09 Å². The van der Waals surface area contributed by atoms with Crippen molar-refractivity contribution in [2.75, 3.05) is 18.0 Å². The number of carbonyl (C=O) groups excluding carboxylic acids is 1. The Hall–Kier alpha value is -2.89. The van der Waals surface area contributed by atoms with Gasteiger partial charge in [-0.25, -0.2) is 18.0 Å². The molecule has 12 heteroatoms. The Labute approximate surface area is 143 Å². The number of halogens is 3. The summed E-state index contributed by atoms with van der Waals surface area (Å²) in [7, 11) is 0. The third-order valence-corrected chi connectivity index (χ3v) is 3.53. The number of anilines is 1. The molecule has 25 heavy (non-hydrogen) atoms. The van der Waals surface area contributed by atoms with Crippen LogP contribution in [0.1, 0.15) is 0 Å². The second kappa shape index (κ2) is 6.55. The number of amides is 1. The van der Waals surface area contributed by atoms with Crippen molar-refractivity contribution in [1.82, 2.24) is 15.5 Å². The summed E-state index contributed by atoms with van der Waals surface area (Å²) >= 11 is 4.62. The summed E-state index contributed by atoms with van der Waals surface area (Å²) in [5, 5.41) is 5.78. The monoisotopic (exact) mass is 373 g/mol. The lowest BCUT2D eigenvalue weighted by atomic mass is 10.1. The molecule has 3 rings (SSSR count). The molecule has 1 atom stereocenters. The smallest absolute Gasteiger partial charge is 0.414 e. The number of rotatable bonds is 4. The van der Waals surface area contributed by atoms with E-state index in [1.54, 1.807) is 0 Å². The molecule has 0 aliphatic carbocycles. The van der Waals surface area contributed by atoms with E-state index >= 15 is 0 Å². The maximum Gasteiger partial charge on any atom is 0.414 e. The van der Waals surface area contributed by atoms with Crippen LogP contribution in [-0.4, -0.2) is 40.5 Å². The third kappa shape index (κ3) is 3.20. The van der Waals surface area contributed by atoms with Crippen molar-refractivity contribution in [3.8, 4) is 11.5 Å². The summed E-state index contributed by atoms with van der Waals surface area (Å²) in [5.41, 5.74) is 3.83. The molecule has 0 bridgehead atoms. The summed E-state index contributed by atoms with van der Waals surface area (Å²) in [6.07, 6.45) is -0.773. The predicted molar refractivity (Wildman–Crippen MR) is 82.0 cm³/mol. The lowest BCUT2D eigenvalue weighted by Gasteiger charge is -2.15. The molecule has 1 saturated heterocycles. The molecule has 1 fully saturated rings. The van der Waals surface area contributed by atoms with Gasteiger partial charge in [0.25, 0.3) is 5.89 Å². The number of hydrogen-bond donors (Lipinski definition) is 2. The van der Waals surface area contributed by atoms with Crippen LogP contribution >= 0.6 is 12.2 Å². The second-order valence-corrected chi connectivity index (χ2v) is 5.43. The Bertz CT molecular complexity index is 833. The lowest BCUT2D eigenvalue weighted by molar-refractivity contribution is 0.143. The minimum Gasteiger partial charge on any atom is -0.442 e. The first-order valence-corrected chi connectivity index (χ1v) is 7.25. The molecule has 0 saturated carbocycles. The molecule has 0 radical (unpaired) electrons. The van der Waals surface area contributed by atoms with Crippen molar-refractivity contribution in [3.05, 3.63) is 29.8 Å². The molecule has 2 heterocycles. The van der Waals surface area contributed by atoms with E-state index in [0.29, 0.717) is 6.07 Å². The van der Waals surface area contributed by atoms with Crippen LogP contribution in [0.25, 0.3) is 11.5 Å². The van der Waals surface area contributed by atoms with Gasteiger partial charge in [-0.3, -0.25) is 4.90 Å². The SMILES string of the molecule is NC(=S)NCC1CN(c2cc(F)c(-c3ncno3)c(F)c2F)C(=O)O1. The molecule has 2 aromatic rings. The number of nitrogens with zero attached hydrogens (tertiary/aromatic N) is 3. The molecule has 1 aromatic carbocycles.